The fraction of sp³-hybridized carbons (Fsp3) is 0.222. The predicted octanol–water partition coefficient (Wildman–Crippen LogP) is -1.15. The van der Waals surface area contributed by atoms with Crippen LogP contribution < -0.4 is 10.6 Å². The maximum Gasteiger partial charge on any atom is 0.295 e. The van der Waals surface area contributed by atoms with Crippen molar-refractivity contribution in [2.45, 2.75) is 0 Å². The predicted molar refractivity (Wildman–Crippen MR) is 61.3 cm³/mol. The molecule has 0 bridgehead atoms. The zero-order valence-electron chi connectivity index (χ0n) is 9.00. The molecule has 0 aromatic heterocycles. The number of benzene rings is 1. The summed E-state index contributed by atoms with van der Waals surface area (Å²) in [7, 11) is 0. The number of rotatable bonds is 3. The van der Waals surface area contributed by atoms with Gasteiger partial charge in [-0.05, 0) is 12.1 Å². The van der Waals surface area contributed by atoms with Crippen molar-refractivity contribution in [1.29, 1.82) is 5.41 Å². The van der Waals surface area contributed by atoms with Crippen molar-refractivity contribution < 1.29 is 15.1 Å². The summed E-state index contributed by atoms with van der Waals surface area (Å²) < 4.78 is 0. The van der Waals surface area contributed by atoms with Crippen LogP contribution in [0, 0.1) is 20.7 Å². The number of quaternary nitrogens is 1. The molecule has 0 aliphatic carbocycles. The number of nitrogens with one attached hydrogen (secondary N) is 2. The summed E-state index contributed by atoms with van der Waals surface area (Å²) in [4.78, 5) is 8.95. The average molecular weight is 242 g/mol. The molecule has 1 aromatic rings. The van der Waals surface area contributed by atoms with E-state index in [2.05, 4.69) is 0 Å². The minimum Gasteiger partial charge on any atom is -0.390 e. The highest BCUT2D eigenvalue weighted by Gasteiger charge is 2.13. The third-order valence-corrected chi connectivity index (χ3v) is 1.81. The Bertz CT molecular complexity index is 353. The lowest BCUT2D eigenvalue weighted by molar-refractivity contribution is -0.734. The molecule has 1 atom stereocenters. The highest BCUT2D eigenvalue weighted by molar-refractivity contribution is 5.67. The quantitative estimate of drug-likeness (QED) is 0.229. The summed E-state index contributed by atoms with van der Waals surface area (Å²) in [5.74, 6) is 0.0280. The molecule has 0 aliphatic rings. The fourth-order valence-corrected chi connectivity index (χ4v) is 1.19. The van der Waals surface area contributed by atoms with E-state index >= 15 is 0 Å². The highest BCUT2D eigenvalue weighted by atomic mass is 16.9. The molecule has 8 nitrogen and oxygen atoms in total. The molecule has 0 spiro atoms. The lowest BCUT2D eigenvalue weighted by Gasteiger charge is -2.14. The van der Waals surface area contributed by atoms with Gasteiger partial charge in [0.1, 0.15) is 12.2 Å². The Morgan fingerprint density at radius 1 is 1.41 bits per heavy atom. The van der Waals surface area contributed by atoms with E-state index in [1.807, 2.05) is 30.3 Å². The first-order chi connectivity index (χ1) is 7.99. The van der Waals surface area contributed by atoms with Crippen LogP contribution in [0.1, 0.15) is 0 Å². The second kappa shape index (κ2) is 8.02. The molecule has 1 aromatic carbocycles. The molecule has 1 unspecified atom stereocenters. The van der Waals surface area contributed by atoms with E-state index in [0.717, 1.165) is 5.69 Å². The smallest absolute Gasteiger partial charge is 0.295 e. The average Bonchev–Trinajstić information content (AvgIpc) is 2.26. The van der Waals surface area contributed by atoms with Crippen LogP contribution in [0.15, 0.2) is 30.3 Å². The number of hydrogen-bond acceptors (Lipinski definition) is 5. The van der Waals surface area contributed by atoms with Crippen LogP contribution in [-0.4, -0.2) is 29.3 Å². The molecule has 94 valence electrons. The summed E-state index contributed by atoms with van der Waals surface area (Å²) in [5.41, 5.74) is 6.30. The van der Waals surface area contributed by atoms with Crippen LogP contribution in [-0.2, 0) is 0 Å². The Kier molecular flexibility index (Phi) is 6.99. The molecule has 0 saturated heterocycles. The SMILES string of the molecule is N=C(N)[NH+](CCO)c1ccccc1.O=[N+]([O-])[O-]. The Balaban J connectivity index is 0.000000557. The Morgan fingerprint density at radius 3 is 2.24 bits per heavy atom. The molecule has 0 amide bonds. The monoisotopic (exact) mass is 242 g/mol. The van der Waals surface area contributed by atoms with Crippen molar-refractivity contribution in [3.05, 3.63) is 45.7 Å². The van der Waals surface area contributed by atoms with Crippen LogP contribution >= 0.6 is 0 Å². The molecule has 0 fully saturated rings. The molecule has 0 saturated carbocycles. The van der Waals surface area contributed by atoms with Gasteiger partial charge >= 0.3 is 0 Å². The largest absolute Gasteiger partial charge is 0.390 e. The van der Waals surface area contributed by atoms with Crippen molar-refractivity contribution in [3.8, 4) is 0 Å². The Labute approximate surface area is 97.5 Å². The molecule has 0 radical (unpaired) electrons. The van der Waals surface area contributed by atoms with Crippen molar-refractivity contribution >= 4 is 11.6 Å². The van der Waals surface area contributed by atoms with E-state index in [0.29, 0.717) is 11.4 Å². The summed E-state index contributed by atoms with van der Waals surface area (Å²) in [6.07, 6.45) is 0. The van der Waals surface area contributed by atoms with Crippen LogP contribution in [0.2, 0.25) is 0 Å². The van der Waals surface area contributed by atoms with Crippen molar-refractivity contribution in [2.75, 3.05) is 13.2 Å². The van der Waals surface area contributed by atoms with E-state index in [9.17, 15) is 0 Å². The second-order valence-electron chi connectivity index (χ2n) is 2.96. The lowest BCUT2D eigenvalue weighted by atomic mass is 10.3. The van der Waals surface area contributed by atoms with Gasteiger partial charge in [0.25, 0.3) is 5.96 Å². The Morgan fingerprint density at radius 2 is 1.88 bits per heavy atom. The molecular weight excluding hydrogens is 228 g/mol. The van der Waals surface area contributed by atoms with Crippen LogP contribution in [0.5, 0.6) is 0 Å². The van der Waals surface area contributed by atoms with Gasteiger partial charge in [-0.2, -0.15) is 0 Å². The molecule has 1 rings (SSSR count). The van der Waals surface area contributed by atoms with Crippen molar-refractivity contribution in [1.82, 2.24) is 0 Å². The number of aliphatic hydroxyl groups excluding tert-OH is 1. The van der Waals surface area contributed by atoms with Gasteiger partial charge in [-0.15, -0.1) is 0 Å². The minimum absolute atomic E-state index is 0.0177. The summed E-state index contributed by atoms with van der Waals surface area (Å²) in [5, 5.41) is 30.8. The van der Waals surface area contributed by atoms with E-state index in [-0.39, 0.29) is 12.6 Å². The minimum atomic E-state index is -1.75. The van der Waals surface area contributed by atoms with Crippen LogP contribution in [0.25, 0.3) is 0 Å². The molecule has 0 heterocycles. The van der Waals surface area contributed by atoms with Crippen LogP contribution in [0.4, 0.5) is 5.69 Å². The lowest BCUT2D eigenvalue weighted by Crippen LogP contribution is -3.12. The number of aliphatic hydroxyl groups is 1. The molecule has 8 heteroatoms. The maximum absolute atomic E-state index is 8.77. The number of nitrogens with two attached hydrogens (primary N) is 1. The summed E-state index contributed by atoms with van der Waals surface area (Å²) in [6.45, 7) is 0.448. The first-order valence-electron chi connectivity index (χ1n) is 4.67. The number of guanidine groups is 1. The van der Waals surface area contributed by atoms with Gasteiger partial charge in [0.15, 0.2) is 0 Å². The zero-order valence-corrected chi connectivity index (χ0v) is 9.00. The summed E-state index contributed by atoms with van der Waals surface area (Å²) in [6, 6.07) is 9.43. The van der Waals surface area contributed by atoms with Gasteiger partial charge in [0.2, 0.25) is 0 Å². The van der Waals surface area contributed by atoms with Gasteiger partial charge in [-0.1, -0.05) is 18.2 Å². The van der Waals surface area contributed by atoms with E-state index in [1.165, 1.54) is 0 Å². The topological polar surface area (TPSA) is 141 Å². The Hall–Kier alpha value is -2.19. The third-order valence-electron chi connectivity index (χ3n) is 1.81. The zero-order chi connectivity index (χ0) is 13.3. The molecular formula is C9H14N4O4. The first-order valence-corrected chi connectivity index (χ1v) is 4.67. The van der Waals surface area contributed by atoms with E-state index in [4.69, 9.17) is 31.6 Å². The van der Waals surface area contributed by atoms with Crippen molar-refractivity contribution in [3.63, 3.8) is 0 Å². The molecule has 17 heavy (non-hydrogen) atoms. The summed E-state index contributed by atoms with van der Waals surface area (Å²) >= 11 is 0. The van der Waals surface area contributed by atoms with Crippen molar-refractivity contribution in [2.24, 2.45) is 5.73 Å². The number of nitrogens with zero attached hydrogens (tertiary/aromatic N) is 1. The first kappa shape index (κ1) is 14.8. The molecule has 5 N–H and O–H groups in total. The van der Waals surface area contributed by atoms with Gasteiger partial charge in [-0.25, -0.2) is 10.3 Å². The third kappa shape index (κ3) is 6.82. The van der Waals surface area contributed by atoms with E-state index < -0.39 is 5.09 Å². The second-order valence-corrected chi connectivity index (χ2v) is 2.96. The van der Waals surface area contributed by atoms with Gasteiger partial charge in [-0.3, -0.25) is 0 Å². The van der Waals surface area contributed by atoms with Gasteiger partial charge in [0.05, 0.1) is 11.7 Å². The van der Waals surface area contributed by atoms with Gasteiger partial charge < -0.3 is 26.2 Å². The van der Waals surface area contributed by atoms with Gasteiger partial charge in [0, 0.05) is 0 Å². The highest BCUT2D eigenvalue weighted by Crippen LogP contribution is 1.97. The molecule has 0 aliphatic heterocycles. The normalized spacial score (nSPS) is 10.9. The number of para-hydroxylation sites is 1. The maximum atomic E-state index is 8.77. The fourth-order valence-electron chi connectivity index (χ4n) is 1.19. The standard InChI is InChI=1S/C9H13N3O.NO3/c10-9(11)12(6-7-13)8-4-2-1-3-5-8;2-1(3)4/h1-5,13H,6-7H2,(H3,10,11);/q;-1/p+1. The van der Waals surface area contributed by atoms with E-state index in [1.54, 1.807) is 0 Å². The van der Waals surface area contributed by atoms with Crippen LogP contribution in [0.3, 0.4) is 0 Å². The number of hydrogen-bond donors (Lipinski definition) is 4.